The average Bonchev–Trinajstić information content (AvgIpc) is 3.21. The van der Waals surface area contributed by atoms with Crippen molar-refractivity contribution in [1.29, 1.82) is 0 Å². The van der Waals surface area contributed by atoms with Crippen LogP contribution in [0.1, 0.15) is 44.4 Å². The molecule has 0 atom stereocenters. The third-order valence-corrected chi connectivity index (χ3v) is 6.06. The summed E-state index contributed by atoms with van der Waals surface area (Å²) in [5.41, 5.74) is 7.80. The molecule has 9 heteroatoms. The Bertz CT molecular complexity index is 1210. The van der Waals surface area contributed by atoms with Crippen molar-refractivity contribution in [2.75, 3.05) is 17.2 Å². The molecule has 8 nitrogen and oxygen atoms in total. The Morgan fingerprint density at radius 2 is 2.03 bits per heavy atom. The van der Waals surface area contributed by atoms with Gasteiger partial charge in [0.25, 0.3) is 5.56 Å². The van der Waals surface area contributed by atoms with Gasteiger partial charge in [-0.05, 0) is 25.8 Å². The summed E-state index contributed by atoms with van der Waals surface area (Å²) in [6.45, 7) is 6.62. The third-order valence-electron chi connectivity index (χ3n) is 5.12. The monoisotopic (exact) mass is 455 g/mol. The van der Waals surface area contributed by atoms with Gasteiger partial charge in [-0.2, -0.15) is 0 Å². The van der Waals surface area contributed by atoms with E-state index in [0.717, 1.165) is 22.6 Å². The molecule has 170 valence electrons. The number of H-pyrrole nitrogens is 1. The summed E-state index contributed by atoms with van der Waals surface area (Å²) < 4.78 is 1.31. The largest absolute Gasteiger partial charge is 0.383 e. The molecule has 3 N–H and O–H groups in total. The molecular weight excluding hydrogens is 426 g/mol. The fourth-order valence-electron chi connectivity index (χ4n) is 3.51. The first-order valence-corrected chi connectivity index (χ1v) is 11.7. The standard InChI is InChI=1S/C23H29N5O3S/c1-4-6-11-27(19-20(24)28(10-5-2)23(31)26-21(19)30)18(29)13-17-14-32-22(25-17)16-9-7-8-15(3)12-16/h7-9,12,14H,4-6,10-11,13,24H2,1-3H3,(H,26,30,31). The number of benzene rings is 1. The Hall–Kier alpha value is -3.20. The number of anilines is 2. The van der Waals surface area contributed by atoms with Gasteiger partial charge in [0.15, 0.2) is 5.69 Å². The summed E-state index contributed by atoms with van der Waals surface area (Å²) in [6.07, 6.45) is 2.24. The van der Waals surface area contributed by atoms with E-state index < -0.39 is 11.2 Å². The number of thiazole rings is 1. The van der Waals surface area contributed by atoms with E-state index in [1.165, 1.54) is 20.8 Å². The van der Waals surface area contributed by atoms with Gasteiger partial charge in [0.05, 0.1) is 12.1 Å². The first-order valence-electron chi connectivity index (χ1n) is 10.8. The smallest absolute Gasteiger partial charge is 0.330 e. The Morgan fingerprint density at radius 3 is 2.72 bits per heavy atom. The number of amides is 1. The second-order valence-corrected chi connectivity index (χ2v) is 8.59. The van der Waals surface area contributed by atoms with Crippen LogP contribution in [0.2, 0.25) is 0 Å². The summed E-state index contributed by atoms with van der Waals surface area (Å²) in [5, 5.41) is 2.70. The molecule has 32 heavy (non-hydrogen) atoms. The van der Waals surface area contributed by atoms with Gasteiger partial charge in [-0.25, -0.2) is 9.78 Å². The van der Waals surface area contributed by atoms with Gasteiger partial charge in [0.2, 0.25) is 5.91 Å². The summed E-state index contributed by atoms with van der Waals surface area (Å²) >= 11 is 1.48. The number of carbonyl (C=O) groups is 1. The molecule has 3 rings (SSSR count). The molecule has 0 aliphatic rings. The fraction of sp³-hybridized carbons (Fsp3) is 0.391. The van der Waals surface area contributed by atoms with Crippen molar-refractivity contribution in [3.05, 3.63) is 61.7 Å². The lowest BCUT2D eigenvalue weighted by Gasteiger charge is -2.24. The molecule has 0 spiro atoms. The zero-order valence-corrected chi connectivity index (χ0v) is 19.5. The maximum absolute atomic E-state index is 13.3. The van der Waals surface area contributed by atoms with E-state index in [9.17, 15) is 14.4 Å². The molecule has 0 saturated carbocycles. The fourth-order valence-corrected chi connectivity index (χ4v) is 4.33. The number of aromatic nitrogens is 3. The van der Waals surface area contributed by atoms with Crippen molar-refractivity contribution in [2.45, 2.75) is 53.0 Å². The number of hydrogen-bond donors (Lipinski definition) is 2. The number of nitrogens with zero attached hydrogens (tertiary/aromatic N) is 3. The lowest BCUT2D eigenvalue weighted by Crippen LogP contribution is -2.42. The quantitative estimate of drug-likeness (QED) is 0.514. The number of nitrogens with two attached hydrogens (primary N) is 1. The zero-order chi connectivity index (χ0) is 23.3. The van der Waals surface area contributed by atoms with Crippen molar-refractivity contribution in [3.8, 4) is 10.6 Å². The van der Waals surface area contributed by atoms with Crippen LogP contribution in [0.4, 0.5) is 11.5 Å². The molecule has 0 fully saturated rings. The molecule has 2 aromatic heterocycles. The number of hydrogen-bond acceptors (Lipinski definition) is 6. The second-order valence-electron chi connectivity index (χ2n) is 7.73. The van der Waals surface area contributed by atoms with Crippen LogP contribution < -0.4 is 21.9 Å². The van der Waals surface area contributed by atoms with E-state index in [1.54, 1.807) is 0 Å². The number of rotatable bonds is 9. The molecule has 0 unspecified atom stereocenters. The topological polar surface area (TPSA) is 114 Å². The van der Waals surface area contributed by atoms with E-state index in [2.05, 4.69) is 16.0 Å². The number of nitrogen functional groups attached to an aromatic ring is 1. The summed E-state index contributed by atoms with van der Waals surface area (Å²) in [6, 6.07) is 8.04. The van der Waals surface area contributed by atoms with Gasteiger partial charge >= 0.3 is 5.69 Å². The molecule has 2 heterocycles. The lowest BCUT2D eigenvalue weighted by molar-refractivity contribution is -0.118. The molecule has 1 amide bonds. The van der Waals surface area contributed by atoms with Crippen LogP contribution in [0.5, 0.6) is 0 Å². The third kappa shape index (κ3) is 5.16. The summed E-state index contributed by atoms with van der Waals surface area (Å²) in [7, 11) is 0. The Kier molecular flexibility index (Phi) is 7.63. The number of aromatic amines is 1. The number of nitrogens with one attached hydrogen (secondary N) is 1. The predicted molar refractivity (Wildman–Crippen MR) is 129 cm³/mol. The van der Waals surface area contributed by atoms with Crippen molar-refractivity contribution in [1.82, 2.24) is 14.5 Å². The maximum Gasteiger partial charge on any atom is 0.330 e. The Labute approximate surface area is 190 Å². The minimum Gasteiger partial charge on any atom is -0.383 e. The Balaban J connectivity index is 1.92. The van der Waals surface area contributed by atoms with E-state index in [4.69, 9.17) is 5.73 Å². The highest BCUT2D eigenvalue weighted by Gasteiger charge is 2.24. The van der Waals surface area contributed by atoms with Gasteiger partial charge in [0, 0.05) is 24.0 Å². The van der Waals surface area contributed by atoms with E-state index in [1.807, 2.05) is 44.4 Å². The molecule has 3 aromatic rings. The van der Waals surface area contributed by atoms with Gasteiger partial charge in [-0.15, -0.1) is 11.3 Å². The molecule has 0 saturated heterocycles. The van der Waals surface area contributed by atoms with Crippen molar-refractivity contribution >= 4 is 28.7 Å². The molecule has 0 bridgehead atoms. The van der Waals surface area contributed by atoms with Gasteiger partial charge < -0.3 is 10.6 Å². The highest BCUT2D eigenvalue weighted by Crippen LogP contribution is 2.25. The van der Waals surface area contributed by atoms with Crippen LogP contribution in [0, 0.1) is 6.92 Å². The predicted octanol–water partition coefficient (Wildman–Crippen LogP) is 3.34. The minimum absolute atomic E-state index is 0.0174. The Morgan fingerprint density at radius 1 is 1.25 bits per heavy atom. The number of carbonyl (C=O) groups excluding carboxylic acids is 1. The van der Waals surface area contributed by atoms with Crippen molar-refractivity contribution in [3.63, 3.8) is 0 Å². The summed E-state index contributed by atoms with van der Waals surface area (Å²) in [4.78, 5) is 46.4. The number of unbranched alkanes of at least 4 members (excludes halogenated alkanes) is 1. The molecule has 0 radical (unpaired) electrons. The van der Waals surface area contributed by atoms with Crippen LogP contribution in [0.25, 0.3) is 10.6 Å². The minimum atomic E-state index is -0.650. The zero-order valence-electron chi connectivity index (χ0n) is 18.7. The van der Waals surface area contributed by atoms with Crippen LogP contribution in [-0.2, 0) is 17.8 Å². The van der Waals surface area contributed by atoms with Crippen LogP contribution in [-0.4, -0.2) is 27.0 Å². The van der Waals surface area contributed by atoms with E-state index in [-0.39, 0.29) is 23.8 Å². The second kappa shape index (κ2) is 10.4. The number of aryl methyl sites for hydroxylation is 1. The summed E-state index contributed by atoms with van der Waals surface area (Å²) in [5.74, 6) is -0.262. The van der Waals surface area contributed by atoms with Gasteiger partial charge in [-0.3, -0.25) is 19.1 Å². The van der Waals surface area contributed by atoms with Crippen LogP contribution in [0.15, 0.2) is 39.2 Å². The highest BCUT2D eigenvalue weighted by atomic mass is 32.1. The lowest BCUT2D eigenvalue weighted by atomic mass is 10.1. The molecular formula is C23H29N5O3S. The molecule has 0 aliphatic carbocycles. The van der Waals surface area contributed by atoms with Crippen LogP contribution >= 0.6 is 11.3 Å². The first-order chi connectivity index (χ1) is 15.3. The van der Waals surface area contributed by atoms with E-state index in [0.29, 0.717) is 31.6 Å². The highest BCUT2D eigenvalue weighted by molar-refractivity contribution is 7.13. The normalized spacial score (nSPS) is 11.0. The van der Waals surface area contributed by atoms with Crippen molar-refractivity contribution in [2.24, 2.45) is 0 Å². The molecule has 1 aromatic carbocycles. The SMILES string of the molecule is CCCCN(C(=O)Cc1csc(-c2cccc(C)c2)n1)c1c(N)n(CCC)c(=O)[nH]c1=O. The van der Waals surface area contributed by atoms with Crippen molar-refractivity contribution < 1.29 is 4.79 Å². The maximum atomic E-state index is 13.3. The van der Waals surface area contributed by atoms with E-state index >= 15 is 0 Å². The first kappa shape index (κ1) is 23.5. The van der Waals surface area contributed by atoms with Crippen LogP contribution in [0.3, 0.4) is 0 Å². The average molecular weight is 456 g/mol. The molecule has 0 aliphatic heterocycles. The van der Waals surface area contributed by atoms with Gasteiger partial charge in [0.1, 0.15) is 10.8 Å². The van der Waals surface area contributed by atoms with Gasteiger partial charge in [-0.1, -0.05) is 44.0 Å².